The molecule has 130 valence electrons. The number of fused-ring (bicyclic) bond motifs is 1. The van der Waals surface area contributed by atoms with Crippen molar-refractivity contribution >= 4 is 22.8 Å². The first-order valence-electron chi connectivity index (χ1n) is 8.49. The molecule has 1 saturated heterocycles. The highest BCUT2D eigenvalue weighted by atomic mass is 15.3. The third kappa shape index (κ3) is 2.99. The molecule has 0 unspecified atom stereocenters. The van der Waals surface area contributed by atoms with Gasteiger partial charge in [-0.1, -0.05) is 20.8 Å². The van der Waals surface area contributed by atoms with Gasteiger partial charge in [0.1, 0.15) is 24.0 Å². The third-order valence-corrected chi connectivity index (χ3v) is 4.53. The van der Waals surface area contributed by atoms with Crippen LogP contribution in [-0.2, 0) is 5.41 Å². The van der Waals surface area contributed by atoms with Gasteiger partial charge in [0.15, 0.2) is 11.5 Å². The van der Waals surface area contributed by atoms with Crippen LogP contribution in [0.1, 0.15) is 26.5 Å². The van der Waals surface area contributed by atoms with E-state index in [1.165, 1.54) is 0 Å². The molecule has 1 fully saturated rings. The van der Waals surface area contributed by atoms with Gasteiger partial charge in [-0.2, -0.15) is 0 Å². The number of anilines is 2. The second-order valence-corrected chi connectivity index (χ2v) is 7.28. The minimum atomic E-state index is 0.0205. The van der Waals surface area contributed by atoms with Crippen molar-refractivity contribution in [3.05, 3.63) is 30.7 Å². The van der Waals surface area contributed by atoms with E-state index < -0.39 is 0 Å². The fraction of sp³-hybridized carbons (Fsp3) is 0.471. The lowest BCUT2D eigenvalue weighted by molar-refractivity contribution is 0.564. The number of aromatic amines is 1. The highest BCUT2D eigenvalue weighted by Gasteiger charge is 2.23. The first kappa shape index (κ1) is 15.7. The van der Waals surface area contributed by atoms with Crippen LogP contribution in [0.15, 0.2) is 25.0 Å². The first-order valence-corrected chi connectivity index (χ1v) is 8.49. The van der Waals surface area contributed by atoms with Gasteiger partial charge in [-0.15, -0.1) is 0 Å². The van der Waals surface area contributed by atoms with Crippen LogP contribution in [0, 0.1) is 0 Å². The van der Waals surface area contributed by atoms with E-state index in [1.807, 2.05) is 0 Å². The van der Waals surface area contributed by atoms with E-state index in [0.717, 1.165) is 49.0 Å². The number of nitrogens with one attached hydrogen (secondary N) is 1. The topological polar surface area (TPSA) is 86.7 Å². The zero-order valence-electron chi connectivity index (χ0n) is 14.8. The summed E-state index contributed by atoms with van der Waals surface area (Å²) in [6, 6.07) is 2.10. The summed E-state index contributed by atoms with van der Waals surface area (Å²) in [6.45, 7) is 10.0. The number of aromatic nitrogens is 6. The van der Waals surface area contributed by atoms with Crippen molar-refractivity contribution in [2.24, 2.45) is 0 Å². The minimum absolute atomic E-state index is 0.0205. The van der Waals surface area contributed by atoms with Gasteiger partial charge in [0.25, 0.3) is 0 Å². The number of rotatable bonds is 2. The van der Waals surface area contributed by atoms with Gasteiger partial charge in [-0.3, -0.25) is 0 Å². The van der Waals surface area contributed by atoms with Gasteiger partial charge in [-0.25, -0.2) is 24.9 Å². The Morgan fingerprint density at radius 2 is 1.60 bits per heavy atom. The molecule has 8 heteroatoms. The van der Waals surface area contributed by atoms with Gasteiger partial charge >= 0.3 is 0 Å². The van der Waals surface area contributed by atoms with Gasteiger partial charge in [0.05, 0.1) is 12.0 Å². The van der Waals surface area contributed by atoms with E-state index in [9.17, 15) is 0 Å². The van der Waals surface area contributed by atoms with Crippen LogP contribution in [-0.4, -0.2) is 56.1 Å². The van der Waals surface area contributed by atoms with Gasteiger partial charge in [0, 0.05) is 37.7 Å². The second kappa shape index (κ2) is 5.94. The highest BCUT2D eigenvalue weighted by Crippen LogP contribution is 2.25. The van der Waals surface area contributed by atoms with E-state index in [1.54, 1.807) is 19.0 Å². The van der Waals surface area contributed by atoms with E-state index in [4.69, 9.17) is 0 Å². The van der Waals surface area contributed by atoms with Crippen molar-refractivity contribution < 1.29 is 0 Å². The molecule has 1 N–H and O–H groups in total. The molecule has 3 aromatic rings. The fourth-order valence-corrected chi connectivity index (χ4v) is 3.07. The van der Waals surface area contributed by atoms with E-state index >= 15 is 0 Å². The Kier molecular flexibility index (Phi) is 3.74. The SMILES string of the molecule is CC(C)(C)c1cc(N2CCN(c3ncnc4nc[nH]c34)CC2)ncn1. The molecule has 0 aromatic carbocycles. The number of imidazole rings is 1. The average Bonchev–Trinajstić information content (AvgIpc) is 3.10. The first-order chi connectivity index (χ1) is 12.0. The monoisotopic (exact) mass is 338 g/mol. The number of piperazine rings is 1. The smallest absolute Gasteiger partial charge is 0.182 e. The molecular weight excluding hydrogens is 316 g/mol. The van der Waals surface area contributed by atoms with E-state index in [-0.39, 0.29) is 5.41 Å². The van der Waals surface area contributed by atoms with Crippen LogP contribution in [0.25, 0.3) is 11.2 Å². The van der Waals surface area contributed by atoms with Crippen LogP contribution in [0.2, 0.25) is 0 Å². The van der Waals surface area contributed by atoms with Crippen LogP contribution in [0.5, 0.6) is 0 Å². The highest BCUT2D eigenvalue weighted by molar-refractivity contribution is 5.82. The van der Waals surface area contributed by atoms with Crippen LogP contribution < -0.4 is 9.80 Å². The predicted molar refractivity (Wildman–Crippen MR) is 96.8 cm³/mol. The van der Waals surface area contributed by atoms with Crippen LogP contribution >= 0.6 is 0 Å². The summed E-state index contributed by atoms with van der Waals surface area (Å²) in [5, 5.41) is 0. The lowest BCUT2D eigenvalue weighted by atomic mass is 9.92. The van der Waals surface area contributed by atoms with Crippen LogP contribution in [0.3, 0.4) is 0 Å². The average molecular weight is 338 g/mol. The fourth-order valence-electron chi connectivity index (χ4n) is 3.07. The maximum absolute atomic E-state index is 4.47. The maximum Gasteiger partial charge on any atom is 0.182 e. The predicted octanol–water partition coefficient (Wildman–Crippen LogP) is 1.77. The van der Waals surface area contributed by atoms with Crippen molar-refractivity contribution in [3.63, 3.8) is 0 Å². The molecule has 1 aliphatic heterocycles. The number of nitrogens with zero attached hydrogens (tertiary/aromatic N) is 7. The molecule has 0 aliphatic carbocycles. The Bertz CT molecular complexity index is 873. The van der Waals surface area contributed by atoms with Gasteiger partial charge in [0.2, 0.25) is 0 Å². The lowest BCUT2D eigenvalue weighted by Crippen LogP contribution is -2.47. The molecule has 8 nitrogen and oxygen atoms in total. The molecule has 0 saturated carbocycles. The minimum Gasteiger partial charge on any atom is -0.353 e. The van der Waals surface area contributed by atoms with Crippen molar-refractivity contribution in [1.29, 1.82) is 0 Å². The second-order valence-electron chi connectivity index (χ2n) is 7.28. The summed E-state index contributed by atoms with van der Waals surface area (Å²) in [5.74, 6) is 1.91. The maximum atomic E-state index is 4.47. The summed E-state index contributed by atoms with van der Waals surface area (Å²) >= 11 is 0. The molecule has 1 aliphatic rings. The lowest BCUT2D eigenvalue weighted by Gasteiger charge is -2.36. The summed E-state index contributed by atoms with van der Waals surface area (Å²) in [4.78, 5) is 29.4. The van der Waals surface area contributed by atoms with Gasteiger partial charge in [-0.05, 0) is 0 Å². The number of hydrogen-bond acceptors (Lipinski definition) is 7. The molecule has 4 rings (SSSR count). The van der Waals surface area contributed by atoms with E-state index in [2.05, 4.69) is 66.5 Å². The molecule has 4 heterocycles. The molecule has 0 radical (unpaired) electrons. The molecule has 0 atom stereocenters. The van der Waals surface area contributed by atoms with Gasteiger partial charge < -0.3 is 14.8 Å². The van der Waals surface area contributed by atoms with Crippen molar-refractivity contribution in [2.75, 3.05) is 36.0 Å². The summed E-state index contributed by atoms with van der Waals surface area (Å²) in [6.07, 6.45) is 4.90. The Morgan fingerprint density at radius 1 is 0.880 bits per heavy atom. The summed E-state index contributed by atoms with van der Waals surface area (Å²) in [7, 11) is 0. The largest absolute Gasteiger partial charge is 0.353 e. The van der Waals surface area contributed by atoms with Crippen molar-refractivity contribution in [1.82, 2.24) is 29.9 Å². The standard InChI is InChI=1S/C17H22N8/c1-17(2,3)12-8-13(19-9-18-12)24-4-6-25(7-5-24)16-14-15(21-10-20-14)22-11-23-16/h8-11H,4-7H2,1-3H3,(H,20,21,22,23). The Hall–Kier alpha value is -2.77. The zero-order chi connectivity index (χ0) is 17.4. The number of H-pyrrole nitrogens is 1. The molecule has 0 bridgehead atoms. The van der Waals surface area contributed by atoms with E-state index in [0.29, 0.717) is 5.65 Å². The summed E-state index contributed by atoms with van der Waals surface area (Å²) in [5.41, 5.74) is 2.69. The normalized spacial score (nSPS) is 15.8. The molecule has 25 heavy (non-hydrogen) atoms. The third-order valence-electron chi connectivity index (χ3n) is 4.53. The molecule has 0 amide bonds. The quantitative estimate of drug-likeness (QED) is 0.762. The molecular formula is C17H22N8. The van der Waals surface area contributed by atoms with Crippen LogP contribution in [0.4, 0.5) is 11.6 Å². The molecule has 3 aromatic heterocycles. The number of hydrogen-bond donors (Lipinski definition) is 1. The zero-order valence-corrected chi connectivity index (χ0v) is 14.8. The summed E-state index contributed by atoms with van der Waals surface area (Å²) < 4.78 is 0. The Morgan fingerprint density at radius 3 is 2.36 bits per heavy atom. The Balaban J connectivity index is 1.51. The van der Waals surface area contributed by atoms with Crippen molar-refractivity contribution in [2.45, 2.75) is 26.2 Å². The van der Waals surface area contributed by atoms with Crippen molar-refractivity contribution in [3.8, 4) is 0 Å². The molecule has 0 spiro atoms. The Labute approximate surface area is 146 Å².